The van der Waals surface area contributed by atoms with Gasteiger partial charge in [0.2, 0.25) is 12.1 Å². The minimum absolute atomic E-state index is 0.0687. The Hall–Kier alpha value is -3.28. The number of ketones is 1. The van der Waals surface area contributed by atoms with Crippen LogP contribution in [0.15, 0.2) is 43.5 Å². The van der Waals surface area contributed by atoms with E-state index in [0.717, 1.165) is 10.5 Å². The zero-order valence-electron chi connectivity index (χ0n) is 24.8. The van der Waals surface area contributed by atoms with Gasteiger partial charge in [-0.15, -0.1) is 0 Å². The first-order chi connectivity index (χ1) is 19.1. The number of β-lactam (4-membered cyclic amide) rings is 1. The number of benzene rings is 1. The van der Waals surface area contributed by atoms with Gasteiger partial charge in [-0.3, -0.25) is 14.9 Å². The highest BCUT2D eigenvalue weighted by molar-refractivity contribution is 6.74. The van der Waals surface area contributed by atoms with Gasteiger partial charge in [0, 0.05) is 17.2 Å². The molecular weight excluding hydrogens is 544 g/mol. The number of aryl methyl sites for hydroxylation is 1. The Kier molecular flexibility index (Phi) is 9.99. The van der Waals surface area contributed by atoms with Crippen molar-refractivity contribution in [3.63, 3.8) is 0 Å². The topological polar surface area (TPSA) is 131 Å². The highest BCUT2D eigenvalue weighted by Crippen LogP contribution is 2.45. The number of hydrogen-bond acceptors (Lipinski definition) is 8. The molecule has 1 aliphatic carbocycles. The van der Waals surface area contributed by atoms with Crippen LogP contribution in [0.25, 0.3) is 0 Å². The summed E-state index contributed by atoms with van der Waals surface area (Å²) in [6, 6.07) is 4.21. The van der Waals surface area contributed by atoms with Crippen molar-refractivity contribution in [1.82, 2.24) is 4.90 Å². The van der Waals surface area contributed by atoms with Crippen molar-refractivity contribution < 1.29 is 38.2 Å². The summed E-state index contributed by atoms with van der Waals surface area (Å²) in [7, 11) is -2.28. The fourth-order valence-electron chi connectivity index (χ4n) is 5.18. The highest BCUT2D eigenvalue weighted by Gasteiger charge is 2.60. The van der Waals surface area contributed by atoms with Crippen molar-refractivity contribution in [2.24, 2.45) is 11.8 Å². The SMILES string of the molecule is C=CCOC(=O)Nc1ccc2c(c1)CC[C@@H]([C@@H]1[C@@H]([C@@H](C)O[Si](C)(C)C(C)(C)C)C(=O)N1C(O)C(=O)OCC=C)C2=O. The largest absolute Gasteiger partial charge is 0.458 e. The molecule has 41 heavy (non-hydrogen) atoms. The predicted octanol–water partition coefficient (Wildman–Crippen LogP) is 4.45. The van der Waals surface area contributed by atoms with Crippen LogP contribution < -0.4 is 5.32 Å². The van der Waals surface area contributed by atoms with Gasteiger partial charge in [-0.1, -0.05) is 46.1 Å². The zero-order chi connectivity index (χ0) is 30.7. The Morgan fingerprint density at radius 1 is 1.17 bits per heavy atom. The van der Waals surface area contributed by atoms with Gasteiger partial charge in [0.15, 0.2) is 14.1 Å². The molecule has 2 amide bonds. The van der Waals surface area contributed by atoms with Gasteiger partial charge in [-0.05, 0) is 61.7 Å². The first kappa shape index (κ1) is 32.2. The van der Waals surface area contributed by atoms with Crippen molar-refractivity contribution in [2.75, 3.05) is 18.5 Å². The molecule has 1 aromatic rings. The number of amides is 2. The molecule has 2 N–H and O–H groups in total. The summed E-state index contributed by atoms with van der Waals surface area (Å²) in [4.78, 5) is 52.9. The number of hydrogen-bond donors (Lipinski definition) is 2. The van der Waals surface area contributed by atoms with E-state index < -0.39 is 56.5 Å². The monoisotopic (exact) mass is 586 g/mol. The first-order valence-electron chi connectivity index (χ1n) is 13.8. The molecule has 0 spiro atoms. The molecule has 0 aromatic heterocycles. The lowest BCUT2D eigenvalue weighted by atomic mass is 9.68. The number of carbonyl (C=O) groups is 4. The maximum atomic E-state index is 13.9. The number of rotatable bonds is 11. The maximum absolute atomic E-state index is 13.9. The van der Waals surface area contributed by atoms with E-state index >= 15 is 0 Å². The molecule has 2 aliphatic rings. The molecule has 10 nitrogen and oxygen atoms in total. The average molecular weight is 587 g/mol. The van der Waals surface area contributed by atoms with Crippen molar-refractivity contribution in [1.29, 1.82) is 0 Å². The van der Waals surface area contributed by atoms with Crippen molar-refractivity contribution in [3.05, 3.63) is 54.6 Å². The minimum atomic E-state index is -2.28. The molecule has 0 saturated carbocycles. The fraction of sp³-hybridized carbons (Fsp3) is 0.533. The van der Waals surface area contributed by atoms with Gasteiger partial charge in [-0.25, -0.2) is 9.59 Å². The molecule has 224 valence electrons. The number of aliphatic hydroxyl groups excluding tert-OH is 1. The second kappa shape index (κ2) is 12.7. The van der Waals surface area contributed by atoms with Crippen molar-refractivity contribution in [2.45, 2.75) is 77.0 Å². The Morgan fingerprint density at radius 3 is 2.41 bits per heavy atom. The van der Waals surface area contributed by atoms with Gasteiger partial charge in [0.05, 0.1) is 18.1 Å². The number of carbonyl (C=O) groups excluding carboxylic acids is 4. The Balaban J connectivity index is 1.90. The average Bonchev–Trinajstić information content (AvgIpc) is 2.88. The lowest BCUT2D eigenvalue weighted by Gasteiger charge is -2.54. The van der Waals surface area contributed by atoms with E-state index in [1.807, 2.05) is 6.92 Å². The standard InChI is InChI=1S/C30H42N2O8Si/c1-9-15-38-28(36)27(35)32-24(23(26(32)34)18(3)40-41(7,8)30(4,5)6)22-13-11-19-17-20(12-14-21(19)25(22)33)31-29(37)39-16-10-2/h9-10,12,14,17-18,22-24,27,35H,1-2,11,13,15-16H2,3-8H3,(H,31,37)/t18-,22+,23-,24-,27?/m1/s1. The van der Waals surface area contributed by atoms with E-state index in [0.29, 0.717) is 24.1 Å². The Morgan fingerprint density at radius 2 is 1.80 bits per heavy atom. The van der Waals surface area contributed by atoms with E-state index in [9.17, 15) is 24.3 Å². The van der Waals surface area contributed by atoms with Crippen LogP contribution in [0, 0.1) is 11.8 Å². The van der Waals surface area contributed by atoms with Gasteiger partial charge >= 0.3 is 12.1 Å². The number of nitrogens with one attached hydrogen (secondary N) is 1. The number of Topliss-reactive ketones (excluding diaryl/α,β-unsaturated/α-hetero) is 1. The number of anilines is 1. The highest BCUT2D eigenvalue weighted by atomic mass is 28.4. The second-order valence-electron chi connectivity index (χ2n) is 12.0. The molecule has 11 heteroatoms. The number of ether oxygens (including phenoxy) is 2. The van der Waals surface area contributed by atoms with Crippen LogP contribution in [-0.2, 0) is 29.9 Å². The van der Waals surface area contributed by atoms with E-state index in [1.54, 1.807) is 18.2 Å². The second-order valence-corrected chi connectivity index (χ2v) is 16.8. The van der Waals surface area contributed by atoms with Crippen LogP contribution in [0.5, 0.6) is 0 Å². The lowest BCUT2D eigenvalue weighted by molar-refractivity contribution is -0.199. The number of esters is 1. The molecular formula is C30H42N2O8Si. The number of nitrogens with zero attached hydrogens (tertiary/aromatic N) is 1. The van der Waals surface area contributed by atoms with Crippen LogP contribution in [-0.4, -0.2) is 73.7 Å². The third-order valence-electron chi connectivity index (χ3n) is 8.26. The third-order valence-corrected chi connectivity index (χ3v) is 12.8. The molecule has 3 rings (SSSR count). The lowest BCUT2D eigenvalue weighted by Crippen LogP contribution is -2.72. The van der Waals surface area contributed by atoms with E-state index in [2.05, 4.69) is 52.3 Å². The predicted molar refractivity (Wildman–Crippen MR) is 157 cm³/mol. The zero-order valence-corrected chi connectivity index (χ0v) is 25.8. The summed E-state index contributed by atoms with van der Waals surface area (Å²) in [5.41, 5.74) is 1.70. The van der Waals surface area contributed by atoms with Gasteiger partial charge in [0.1, 0.15) is 13.2 Å². The summed E-state index contributed by atoms with van der Waals surface area (Å²) in [6.45, 7) is 19.2. The smallest absolute Gasteiger partial charge is 0.411 e. The summed E-state index contributed by atoms with van der Waals surface area (Å²) in [5, 5.41) is 13.4. The quantitative estimate of drug-likeness (QED) is 0.168. The van der Waals surface area contributed by atoms with Crippen LogP contribution in [0.2, 0.25) is 18.1 Å². The molecule has 5 atom stereocenters. The molecule has 1 heterocycles. The Labute approximate surface area is 242 Å². The first-order valence-corrected chi connectivity index (χ1v) is 16.7. The number of fused-ring (bicyclic) bond motifs is 1. The minimum Gasteiger partial charge on any atom is -0.458 e. The summed E-state index contributed by atoms with van der Waals surface area (Å²) in [5.74, 6) is -3.04. The van der Waals surface area contributed by atoms with Crippen LogP contribution in [0.4, 0.5) is 10.5 Å². The molecule has 1 fully saturated rings. The number of likely N-dealkylation sites (tertiary alicyclic amines) is 1. The van der Waals surface area contributed by atoms with Crippen LogP contribution >= 0.6 is 0 Å². The molecule has 0 radical (unpaired) electrons. The van der Waals surface area contributed by atoms with Crippen LogP contribution in [0.1, 0.15) is 50.0 Å². The van der Waals surface area contributed by atoms with E-state index in [-0.39, 0.29) is 24.0 Å². The Bertz CT molecular complexity index is 1210. The maximum Gasteiger partial charge on any atom is 0.411 e. The van der Waals surface area contributed by atoms with E-state index in [1.165, 1.54) is 12.2 Å². The van der Waals surface area contributed by atoms with Gasteiger partial charge in [-0.2, -0.15) is 0 Å². The van der Waals surface area contributed by atoms with Gasteiger partial charge in [0.25, 0.3) is 0 Å². The van der Waals surface area contributed by atoms with Crippen LogP contribution in [0.3, 0.4) is 0 Å². The molecule has 1 saturated heterocycles. The van der Waals surface area contributed by atoms with Crippen molar-refractivity contribution in [3.8, 4) is 0 Å². The molecule has 1 aliphatic heterocycles. The molecule has 1 unspecified atom stereocenters. The normalized spacial score (nSPS) is 22.1. The molecule has 0 bridgehead atoms. The summed E-state index contributed by atoms with van der Waals surface area (Å²) < 4.78 is 16.5. The number of aliphatic hydroxyl groups is 1. The molecule has 1 aromatic carbocycles. The summed E-state index contributed by atoms with van der Waals surface area (Å²) in [6.07, 6.45) is 0.660. The summed E-state index contributed by atoms with van der Waals surface area (Å²) >= 11 is 0. The van der Waals surface area contributed by atoms with E-state index in [4.69, 9.17) is 13.9 Å². The van der Waals surface area contributed by atoms with Gasteiger partial charge < -0.3 is 23.9 Å². The van der Waals surface area contributed by atoms with Crippen molar-refractivity contribution >= 4 is 37.8 Å². The fourth-order valence-corrected chi connectivity index (χ4v) is 6.61. The third kappa shape index (κ3) is 6.79.